The zero-order chi connectivity index (χ0) is 36.1. The molecular weight excluding hydrogens is 618 g/mol. The number of esters is 1. The number of nitrogens with zero attached hydrogens (tertiary/aromatic N) is 1. The predicted octanol–water partition coefficient (Wildman–Crippen LogP) is 6.08. The zero-order valence-corrected chi connectivity index (χ0v) is 31.8. The van der Waals surface area contributed by atoms with Crippen LogP contribution in [-0.4, -0.2) is 84.7 Å². The standard InChI is InChI=1S/C40H69N3O6/c1-26(2)12-8-13-29(37(46)47)35-31-24-32(45)36-38(5)16-15-33(48-23-11-22-43(20-9-18-41)21-10-19-42)27(3)30(38)14-17-39(36,6)40(31,7)25-34(35)49-28(4)44/h12,27,30-34,36,45H,8-11,13-25,41-42H2,1-7H3,(H,46,47)/b35-29-/t27-,30-,31-,32+,33+,34-,36-,38-,39-,40-/m0/s1. The summed E-state index contributed by atoms with van der Waals surface area (Å²) in [5.74, 6) is -0.599. The molecule has 4 rings (SSSR count). The van der Waals surface area contributed by atoms with E-state index in [1.54, 1.807) is 0 Å². The molecular formula is C40H69N3O6. The van der Waals surface area contributed by atoms with Crippen LogP contribution in [0.4, 0.5) is 0 Å². The summed E-state index contributed by atoms with van der Waals surface area (Å²) in [5, 5.41) is 22.8. The minimum atomic E-state index is -0.943. The Morgan fingerprint density at radius 3 is 2.22 bits per heavy atom. The van der Waals surface area contributed by atoms with E-state index in [0.717, 1.165) is 82.3 Å². The molecule has 4 fully saturated rings. The second-order valence-corrected chi connectivity index (χ2v) is 17.0. The molecule has 0 aromatic heterocycles. The van der Waals surface area contributed by atoms with E-state index in [0.29, 0.717) is 56.2 Å². The maximum Gasteiger partial charge on any atom is 0.331 e. The van der Waals surface area contributed by atoms with Crippen molar-refractivity contribution in [2.24, 2.45) is 51.4 Å². The van der Waals surface area contributed by atoms with Gasteiger partial charge in [0.25, 0.3) is 0 Å². The van der Waals surface area contributed by atoms with Crippen molar-refractivity contribution in [3.8, 4) is 0 Å². The molecule has 4 aliphatic carbocycles. The van der Waals surface area contributed by atoms with Crippen LogP contribution in [0.25, 0.3) is 0 Å². The number of allylic oxidation sites excluding steroid dienone is 2. The molecule has 4 aliphatic rings. The number of fused-ring (bicyclic) bond motifs is 5. The number of hydrogen-bond donors (Lipinski definition) is 4. The highest BCUT2D eigenvalue weighted by Crippen LogP contribution is 2.74. The van der Waals surface area contributed by atoms with Gasteiger partial charge in [-0.2, -0.15) is 0 Å². The molecule has 10 atom stereocenters. The smallest absolute Gasteiger partial charge is 0.331 e. The molecule has 0 aromatic carbocycles. The Hall–Kier alpha value is -1.78. The molecule has 0 aliphatic heterocycles. The lowest BCUT2D eigenvalue weighted by Gasteiger charge is -2.69. The number of hydrogen-bond acceptors (Lipinski definition) is 8. The first-order valence-corrected chi connectivity index (χ1v) is 19.3. The first kappa shape index (κ1) is 40.0. The average Bonchev–Trinajstić information content (AvgIpc) is 3.29. The summed E-state index contributed by atoms with van der Waals surface area (Å²) in [6.07, 6.45) is 10.2. The normalized spacial score (nSPS) is 38.0. The van der Waals surface area contributed by atoms with Crippen molar-refractivity contribution in [1.29, 1.82) is 0 Å². The van der Waals surface area contributed by atoms with E-state index in [1.165, 1.54) is 6.92 Å². The summed E-state index contributed by atoms with van der Waals surface area (Å²) in [6, 6.07) is 0. The second kappa shape index (κ2) is 16.7. The van der Waals surface area contributed by atoms with Gasteiger partial charge in [-0.1, -0.05) is 39.3 Å². The molecule has 0 aromatic rings. The number of aliphatic carboxylic acids is 1. The van der Waals surface area contributed by atoms with Crippen LogP contribution < -0.4 is 11.5 Å². The van der Waals surface area contributed by atoms with Gasteiger partial charge in [0, 0.05) is 25.6 Å². The fraction of sp³-hybridized carbons (Fsp3) is 0.850. The van der Waals surface area contributed by atoms with E-state index in [2.05, 4.69) is 38.7 Å². The van der Waals surface area contributed by atoms with Crippen LogP contribution in [0.15, 0.2) is 22.8 Å². The zero-order valence-electron chi connectivity index (χ0n) is 31.8. The third-order valence-electron chi connectivity index (χ3n) is 13.8. The molecule has 9 nitrogen and oxygen atoms in total. The molecule has 0 saturated heterocycles. The lowest BCUT2D eigenvalue weighted by Crippen LogP contribution is -2.65. The Morgan fingerprint density at radius 1 is 0.980 bits per heavy atom. The van der Waals surface area contributed by atoms with Crippen molar-refractivity contribution < 1.29 is 29.3 Å². The van der Waals surface area contributed by atoms with E-state index in [-0.39, 0.29) is 40.2 Å². The average molecular weight is 688 g/mol. The lowest BCUT2D eigenvalue weighted by atomic mass is 9.36. The highest BCUT2D eigenvalue weighted by Gasteiger charge is 2.71. The van der Waals surface area contributed by atoms with Crippen LogP contribution in [-0.2, 0) is 19.1 Å². The van der Waals surface area contributed by atoms with E-state index < -0.39 is 18.2 Å². The number of carbonyl (C=O) groups excluding carboxylic acids is 1. The summed E-state index contributed by atoms with van der Waals surface area (Å²) in [6.45, 7) is 20.1. The lowest BCUT2D eigenvalue weighted by molar-refractivity contribution is -0.237. The molecule has 0 heterocycles. The molecule has 0 unspecified atom stereocenters. The SMILES string of the molecule is CC(=O)O[C@H]1C[C@@]2(C)[C@@H](C[C@@H](O)[C@H]3[C@@]4(C)CC[C@@H](OCCCN(CCCN)CCCN)[C@@H](C)[C@@H]4CC[C@@]32C)/C1=C(\CCC=C(C)C)C(=O)O. The van der Waals surface area contributed by atoms with E-state index in [1.807, 2.05) is 13.8 Å². The fourth-order valence-electron chi connectivity index (χ4n) is 11.5. The number of ether oxygens (including phenoxy) is 2. The van der Waals surface area contributed by atoms with Gasteiger partial charge in [-0.3, -0.25) is 4.79 Å². The third kappa shape index (κ3) is 8.16. The molecule has 4 saturated carbocycles. The molecule has 6 N–H and O–H groups in total. The van der Waals surface area contributed by atoms with Crippen molar-refractivity contribution in [2.45, 2.75) is 137 Å². The number of carboxylic acid groups (broad SMARTS) is 1. The molecule has 49 heavy (non-hydrogen) atoms. The number of rotatable bonds is 16. The molecule has 9 heteroatoms. The van der Waals surface area contributed by atoms with Crippen molar-refractivity contribution in [2.75, 3.05) is 39.3 Å². The van der Waals surface area contributed by atoms with Crippen molar-refractivity contribution in [1.82, 2.24) is 4.90 Å². The van der Waals surface area contributed by atoms with Crippen molar-refractivity contribution in [3.63, 3.8) is 0 Å². The van der Waals surface area contributed by atoms with Gasteiger partial charge in [-0.15, -0.1) is 0 Å². The highest BCUT2D eigenvalue weighted by molar-refractivity contribution is 5.88. The van der Waals surface area contributed by atoms with E-state index in [9.17, 15) is 19.8 Å². The van der Waals surface area contributed by atoms with Gasteiger partial charge in [0.1, 0.15) is 6.10 Å². The Labute approximate surface area is 296 Å². The van der Waals surface area contributed by atoms with Gasteiger partial charge in [-0.25, -0.2) is 4.79 Å². The molecule has 0 spiro atoms. The summed E-state index contributed by atoms with van der Waals surface area (Å²) in [7, 11) is 0. The van der Waals surface area contributed by atoms with Crippen LogP contribution in [0, 0.1) is 39.9 Å². The van der Waals surface area contributed by atoms with Crippen molar-refractivity contribution in [3.05, 3.63) is 22.8 Å². The molecule has 280 valence electrons. The number of carbonyl (C=O) groups is 2. The second-order valence-electron chi connectivity index (χ2n) is 17.0. The Kier molecular flexibility index (Phi) is 13.6. The van der Waals surface area contributed by atoms with Gasteiger partial charge in [0.2, 0.25) is 0 Å². The molecule has 0 bridgehead atoms. The van der Waals surface area contributed by atoms with Crippen LogP contribution in [0.2, 0.25) is 0 Å². The fourth-order valence-corrected chi connectivity index (χ4v) is 11.5. The van der Waals surface area contributed by atoms with Gasteiger partial charge in [0.15, 0.2) is 0 Å². The molecule has 0 amide bonds. The Bertz CT molecular complexity index is 1210. The van der Waals surface area contributed by atoms with Gasteiger partial charge in [-0.05, 0) is 156 Å². The van der Waals surface area contributed by atoms with Gasteiger partial charge >= 0.3 is 11.9 Å². The summed E-state index contributed by atoms with van der Waals surface area (Å²) < 4.78 is 12.6. The number of carboxylic acids is 1. The van der Waals surface area contributed by atoms with Crippen LogP contribution in [0.3, 0.4) is 0 Å². The first-order chi connectivity index (χ1) is 23.1. The summed E-state index contributed by atoms with van der Waals surface area (Å²) in [4.78, 5) is 27.7. The van der Waals surface area contributed by atoms with Gasteiger partial charge < -0.3 is 36.1 Å². The first-order valence-electron chi connectivity index (χ1n) is 19.3. The Balaban J connectivity index is 1.55. The highest BCUT2D eigenvalue weighted by atomic mass is 16.5. The maximum absolute atomic E-state index is 12.8. The number of nitrogens with two attached hydrogens (primary N) is 2. The van der Waals surface area contributed by atoms with Crippen molar-refractivity contribution >= 4 is 11.9 Å². The maximum atomic E-state index is 12.8. The summed E-state index contributed by atoms with van der Waals surface area (Å²) in [5.41, 5.74) is 13.2. The van der Waals surface area contributed by atoms with Gasteiger partial charge in [0.05, 0.1) is 12.2 Å². The summed E-state index contributed by atoms with van der Waals surface area (Å²) >= 11 is 0. The topological polar surface area (TPSA) is 148 Å². The monoisotopic (exact) mass is 688 g/mol. The van der Waals surface area contributed by atoms with Crippen LogP contribution >= 0.6 is 0 Å². The van der Waals surface area contributed by atoms with E-state index in [4.69, 9.17) is 20.9 Å². The predicted molar refractivity (Wildman–Crippen MR) is 195 cm³/mol. The molecule has 0 radical (unpaired) electrons. The van der Waals surface area contributed by atoms with Crippen LogP contribution in [0.1, 0.15) is 119 Å². The minimum absolute atomic E-state index is 0.0661. The third-order valence-corrected chi connectivity index (χ3v) is 13.8. The van der Waals surface area contributed by atoms with Crippen LogP contribution in [0.5, 0.6) is 0 Å². The number of aliphatic hydroxyl groups excluding tert-OH is 1. The number of aliphatic hydroxyl groups is 1. The quantitative estimate of drug-likeness (QED) is 0.0656. The van der Waals surface area contributed by atoms with E-state index >= 15 is 0 Å². The Morgan fingerprint density at radius 2 is 1.63 bits per heavy atom. The largest absolute Gasteiger partial charge is 0.478 e. The minimum Gasteiger partial charge on any atom is -0.478 e.